The van der Waals surface area contributed by atoms with Gasteiger partial charge in [0.05, 0.1) is 29.6 Å². The van der Waals surface area contributed by atoms with E-state index in [2.05, 4.69) is 5.32 Å². The van der Waals surface area contributed by atoms with Crippen molar-refractivity contribution < 1.29 is 14.3 Å². The van der Waals surface area contributed by atoms with Gasteiger partial charge in [0.15, 0.2) is 0 Å². The molecule has 1 unspecified atom stereocenters. The number of carbonyl (C=O) groups is 2. The number of ether oxygens (including phenoxy) is 1. The van der Waals surface area contributed by atoms with Crippen molar-refractivity contribution in [1.82, 2.24) is 5.32 Å². The number of methoxy groups -OCH3 is 1. The van der Waals surface area contributed by atoms with E-state index < -0.39 is 0 Å². The number of nitrogens with one attached hydrogen (secondary N) is 1. The van der Waals surface area contributed by atoms with Crippen LogP contribution in [-0.2, 0) is 20.7 Å². The van der Waals surface area contributed by atoms with Crippen molar-refractivity contribution in [2.24, 2.45) is 0 Å². The van der Waals surface area contributed by atoms with Crippen LogP contribution in [0.5, 0.6) is 0 Å². The van der Waals surface area contributed by atoms with Gasteiger partial charge >= 0.3 is 5.97 Å². The number of amides is 1. The fourth-order valence-corrected chi connectivity index (χ4v) is 3.41. The van der Waals surface area contributed by atoms with Crippen LogP contribution >= 0.6 is 34.5 Å². The van der Waals surface area contributed by atoms with E-state index >= 15 is 0 Å². The summed E-state index contributed by atoms with van der Waals surface area (Å²) in [7, 11) is 1.33. The molecule has 2 aromatic rings. The lowest BCUT2D eigenvalue weighted by Gasteiger charge is -2.16. The highest BCUT2D eigenvalue weighted by atomic mass is 35.5. The number of esters is 1. The minimum absolute atomic E-state index is 0.0979. The van der Waals surface area contributed by atoms with E-state index in [-0.39, 0.29) is 30.8 Å². The Kier molecular flexibility index (Phi) is 7.09. The Labute approximate surface area is 154 Å². The van der Waals surface area contributed by atoms with Crippen LogP contribution in [0.4, 0.5) is 0 Å². The first-order valence-corrected chi connectivity index (χ1v) is 8.97. The fraction of sp³-hybridized carbons (Fsp3) is 0.294. The van der Waals surface area contributed by atoms with E-state index in [1.54, 1.807) is 12.1 Å². The average molecular weight is 386 g/mol. The number of rotatable bonds is 7. The summed E-state index contributed by atoms with van der Waals surface area (Å²) in [6.45, 7) is 0. The van der Waals surface area contributed by atoms with Crippen molar-refractivity contribution in [3.05, 3.63) is 56.2 Å². The van der Waals surface area contributed by atoms with Crippen LogP contribution in [0.25, 0.3) is 0 Å². The summed E-state index contributed by atoms with van der Waals surface area (Å²) in [5, 5.41) is 5.72. The Hall–Kier alpha value is -1.56. The number of aryl methyl sites for hydroxylation is 1. The molecule has 2 rings (SSSR count). The maximum absolute atomic E-state index is 12.3. The van der Waals surface area contributed by atoms with Gasteiger partial charge in [0.25, 0.3) is 0 Å². The Morgan fingerprint density at radius 2 is 2.04 bits per heavy atom. The zero-order valence-corrected chi connectivity index (χ0v) is 15.4. The van der Waals surface area contributed by atoms with Gasteiger partial charge in [-0.2, -0.15) is 0 Å². The summed E-state index contributed by atoms with van der Waals surface area (Å²) < 4.78 is 4.70. The lowest BCUT2D eigenvalue weighted by molar-refractivity contribution is -0.141. The molecular weight excluding hydrogens is 369 g/mol. The van der Waals surface area contributed by atoms with Crippen molar-refractivity contribution in [3.8, 4) is 0 Å². The Bertz CT molecular complexity index is 704. The molecule has 0 bridgehead atoms. The molecule has 1 atom stereocenters. The highest BCUT2D eigenvalue weighted by Crippen LogP contribution is 2.27. The van der Waals surface area contributed by atoms with Gasteiger partial charge in [0.2, 0.25) is 5.91 Å². The number of halogens is 2. The van der Waals surface area contributed by atoms with E-state index in [0.29, 0.717) is 16.5 Å². The third-order valence-corrected chi connectivity index (χ3v) is 5.32. The molecule has 0 radical (unpaired) electrons. The van der Waals surface area contributed by atoms with Crippen molar-refractivity contribution in [1.29, 1.82) is 0 Å². The van der Waals surface area contributed by atoms with Crippen LogP contribution in [0.15, 0.2) is 35.7 Å². The smallest absolute Gasteiger partial charge is 0.307 e. The van der Waals surface area contributed by atoms with Gasteiger partial charge in [-0.15, -0.1) is 11.3 Å². The molecule has 0 saturated heterocycles. The quantitative estimate of drug-likeness (QED) is 0.718. The van der Waals surface area contributed by atoms with E-state index in [1.807, 2.05) is 23.6 Å². The summed E-state index contributed by atoms with van der Waals surface area (Å²) in [4.78, 5) is 24.7. The summed E-state index contributed by atoms with van der Waals surface area (Å²) >= 11 is 13.6. The summed E-state index contributed by atoms with van der Waals surface area (Å²) in [5.41, 5.74) is 0.819. The second-order valence-corrected chi connectivity index (χ2v) is 6.89. The minimum atomic E-state index is -0.389. The topological polar surface area (TPSA) is 55.4 Å². The van der Waals surface area contributed by atoms with Crippen molar-refractivity contribution >= 4 is 46.4 Å². The zero-order chi connectivity index (χ0) is 17.5. The maximum Gasteiger partial charge on any atom is 0.307 e. The molecule has 1 heterocycles. The second-order valence-electron chi connectivity index (χ2n) is 5.13. The Balaban J connectivity index is 1.97. The Morgan fingerprint density at radius 1 is 1.25 bits per heavy atom. The van der Waals surface area contributed by atoms with Crippen LogP contribution in [0.2, 0.25) is 10.0 Å². The van der Waals surface area contributed by atoms with Crippen molar-refractivity contribution in [2.75, 3.05) is 7.11 Å². The highest BCUT2D eigenvalue weighted by Gasteiger charge is 2.20. The lowest BCUT2D eigenvalue weighted by atomic mass is 10.1. The first-order chi connectivity index (χ1) is 11.5. The lowest BCUT2D eigenvalue weighted by Crippen LogP contribution is -2.30. The number of hydrogen-bond donors (Lipinski definition) is 1. The fourth-order valence-electron chi connectivity index (χ4n) is 2.22. The molecule has 0 aliphatic rings. The third-order valence-electron chi connectivity index (χ3n) is 3.47. The van der Waals surface area contributed by atoms with E-state index in [0.717, 1.165) is 10.4 Å². The van der Waals surface area contributed by atoms with Gasteiger partial charge in [-0.1, -0.05) is 41.4 Å². The first kappa shape index (κ1) is 18.8. The van der Waals surface area contributed by atoms with Crippen molar-refractivity contribution in [3.63, 3.8) is 0 Å². The molecule has 0 aliphatic carbocycles. The van der Waals surface area contributed by atoms with Crippen LogP contribution in [0, 0.1) is 0 Å². The summed E-state index contributed by atoms with van der Waals surface area (Å²) in [6.07, 6.45) is 0.824. The van der Waals surface area contributed by atoms with Crippen LogP contribution < -0.4 is 5.32 Å². The predicted octanol–water partition coefficient (Wildman–Crippen LogP) is 4.41. The molecule has 7 heteroatoms. The molecule has 24 heavy (non-hydrogen) atoms. The van der Waals surface area contributed by atoms with Gasteiger partial charge in [-0.05, 0) is 29.5 Å². The monoisotopic (exact) mass is 385 g/mol. The van der Waals surface area contributed by atoms with Gasteiger partial charge in [0.1, 0.15) is 0 Å². The number of benzene rings is 1. The molecule has 0 spiro atoms. The van der Waals surface area contributed by atoms with Gasteiger partial charge in [-0.3, -0.25) is 9.59 Å². The Morgan fingerprint density at radius 3 is 2.71 bits per heavy atom. The number of carbonyl (C=O) groups excluding carboxylic acids is 2. The standard InChI is InChI=1S/C17H17Cl2NO3S/c1-23-16(22)10-13(14-6-3-9-24-14)20-15(21)8-7-11-4-2-5-12(18)17(11)19/h2-6,9,13H,7-8,10H2,1H3,(H,20,21). The average Bonchev–Trinajstić information content (AvgIpc) is 3.10. The zero-order valence-electron chi connectivity index (χ0n) is 13.1. The minimum Gasteiger partial charge on any atom is -0.469 e. The SMILES string of the molecule is COC(=O)CC(NC(=O)CCc1cccc(Cl)c1Cl)c1cccs1. The number of hydrogen-bond acceptors (Lipinski definition) is 4. The van der Waals surface area contributed by atoms with Crippen LogP contribution in [0.1, 0.15) is 29.3 Å². The van der Waals surface area contributed by atoms with Crippen molar-refractivity contribution in [2.45, 2.75) is 25.3 Å². The summed E-state index contributed by atoms with van der Waals surface area (Å²) in [5.74, 6) is -0.528. The largest absolute Gasteiger partial charge is 0.469 e. The molecule has 0 saturated carbocycles. The third kappa shape index (κ3) is 5.23. The second kappa shape index (κ2) is 9.06. The highest BCUT2D eigenvalue weighted by molar-refractivity contribution is 7.10. The molecule has 128 valence electrons. The van der Waals surface area contributed by atoms with Gasteiger partial charge in [0, 0.05) is 11.3 Å². The molecule has 1 aromatic carbocycles. The predicted molar refractivity (Wildman–Crippen MR) is 96.6 cm³/mol. The van der Waals surface area contributed by atoms with Crippen LogP contribution in [-0.4, -0.2) is 19.0 Å². The number of thiophene rings is 1. The molecule has 1 aromatic heterocycles. The molecule has 4 nitrogen and oxygen atoms in total. The normalized spacial score (nSPS) is 11.8. The molecule has 1 amide bonds. The van der Waals surface area contributed by atoms with Gasteiger partial charge < -0.3 is 10.1 Å². The molecular formula is C17H17Cl2NO3S. The van der Waals surface area contributed by atoms with E-state index in [4.69, 9.17) is 27.9 Å². The molecule has 0 aliphatic heterocycles. The van der Waals surface area contributed by atoms with E-state index in [9.17, 15) is 9.59 Å². The van der Waals surface area contributed by atoms with E-state index in [1.165, 1.54) is 18.4 Å². The van der Waals surface area contributed by atoms with Gasteiger partial charge in [-0.25, -0.2) is 0 Å². The molecule has 0 fully saturated rings. The maximum atomic E-state index is 12.3. The van der Waals surface area contributed by atoms with Crippen LogP contribution in [0.3, 0.4) is 0 Å². The summed E-state index contributed by atoms with van der Waals surface area (Å²) in [6, 6.07) is 8.71. The first-order valence-electron chi connectivity index (χ1n) is 7.33. The molecule has 1 N–H and O–H groups in total.